The molecule has 4 heteroatoms. The van der Waals surface area contributed by atoms with E-state index in [1.165, 1.54) is 6.66 Å². The summed E-state index contributed by atoms with van der Waals surface area (Å²) in [6.07, 6.45) is 2.61. The third kappa shape index (κ3) is 4.04. The molecule has 0 rings (SSSR count). The molecule has 2 atom stereocenters. The number of nitrogens with two attached hydrogens (primary N) is 1. The number of hydrogen-bond donors (Lipinski definition) is 2. The van der Waals surface area contributed by atoms with Gasteiger partial charge >= 0.3 is 0 Å². The van der Waals surface area contributed by atoms with Crippen LogP contribution in [0.15, 0.2) is 0 Å². The van der Waals surface area contributed by atoms with Crippen LogP contribution in [0.5, 0.6) is 0 Å². The molecule has 0 aliphatic rings. The lowest BCUT2D eigenvalue weighted by Gasteiger charge is -2.13. The van der Waals surface area contributed by atoms with E-state index in [1.54, 1.807) is 0 Å². The molecule has 0 aliphatic carbocycles. The quantitative estimate of drug-likeness (QED) is 0.618. The van der Waals surface area contributed by atoms with Crippen LogP contribution >= 0.6 is 7.37 Å². The maximum Gasteiger partial charge on any atom is 0.213 e. The molecule has 2 unspecified atom stereocenters. The fraction of sp³-hybridized carbons (Fsp3) is 1.00. The first-order valence-corrected chi connectivity index (χ1v) is 5.71. The summed E-state index contributed by atoms with van der Waals surface area (Å²) in [5.41, 5.74) is 5.42. The van der Waals surface area contributed by atoms with Crippen molar-refractivity contribution in [3.63, 3.8) is 0 Å². The Labute approximate surface area is 62.1 Å². The third-order valence-corrected chi connectivity index (χ3v) is 2.96. The highest BCUT2D eigenvalue weighted by Gasteiger charge is 2.19. The van der Waals surface area contributed by atoms with Crippen molar-refractivity contribution in [2.75, 3.05) is 6.66 Å². The van der Waals surface area contributed by atoms with Crippen molar-refractivity contribution < 1.29 is 9.46 Å². The molecule has 0 aliphatic heterocycles. The second-order valence-electron chi connectivity index (χ2n) is 2.65. The SMILES string of the molecule is CCCCC(N)P(C)(=O)O. The Balaban J connectivity index is 3.63. The molecule has 0 aromatic heterocycles. The molecule has 0 aromatic carbocycles. The Morgan fingerprint density at radius 3 is 2.50 bits per heavy atom. The second-order valence-corrected chi connectivity index (χ2v) is 5.20. The van der Waals surface area contributed by atoms with E-state index in [0.717, 1.165) is 12.8 Å². The topological polar surface area (TPSA) is 63.3 Å². The Kier molecular flexibility index (Phi) is 4.18. The first-order valence-electron chi connectivity index (χ1n) is 3.54. The van der Waals surface area contributed by atoms with Crippen LogP contribution in [0, 0.1) is 0 Å². The van der Waals surface area contributed by atoms with Crippen molar-refractivity contribution in [3.8, 4) is 0 Å². The van der Waals surface area contributed by atoms with Crippen LogP contribution in [0.1, 0.15) is 26.2 Å². The van der Waals surface area contributed by atoms with Gasteiger partial charge in [0.15, 0.2) is 0 Å². The molecule has 3 N–H and O–H groups in total. The van der Waals surface area contributed by atoms with Crippen molar-refractivity contribution in [2.45, 2.75) is 32.0 Å². The predicted octanol–water partition coefficient (Wildman–Crippen LogP) is 1.36. The second kappa shape index (κ2) is 4.12. The number of rotatable bonds is 4. The Morgan fingerprint density at radius 2 is 2.20 bits per heavy atom. The molecule has 3 nitrogen and oxygen atoms in total. The zero-order valence-corrected chi connectivity index (χ0v) is 7.47. The summed E-state index contributed by atoms with van der Waals surface area (Å²) in [6.45, 7) is 3.35. The molecule has 0 saturated heterocycles. The van der Waals surface area contributed by atoms with Crippen molar-refractivity contribution in [1.82, 2.24) is 0 Å². The van der Waals surface area contributed by atoms with E-state index >= 15 is 0 Å². The van der Waals surface area contributed by atoms with Gasteiger partial charge in [0.2, 0.25) is 7.37 Å². The van der Waals surface area contributed by atoms with Crippen LogP contribution in [0.4, 0.5) is 0 Å². The van der Waals surface area contributed by atoms with E-state index in [0.29, 0.717) is 6.42 Å². The number of unbranched alkanes of at least 4 members (excludes halogenated alkanes) is 1. The standard InChI is InChI=1S/C6H16NO2P/c1-3-4-5-6(7)10(2,8)9/h6H,3-5,7H2,1-2H3,(H,8,9). The van der Waals surface area contributed by atoms with Gasteiger partial charge in [-0.3, -0.25) is 4.57 Å². The minimum absolute atomic E-state index is 0.521. The molecule has 0 aromatic rings. The fourth-order valence-electron chi connectivity index (χ4n) is 0.653. The Hall–Kier alpha value is 0.150. The zero-order valence-electron chi connectivity index (χ0n) is 6.58. The van der Waals surface area contributed by atoms with Crippen LogP contribution in [0.2, 0.25) is 0 Å². The van der Waals surface area contributed by atoms with Gasteiger partial charge in [0.25, 0.3) is 0 Å². The highest BCUT2D eigenvalue weighted by atomic mass is 31.2. The van der Waals surface area contributed by atoms with Crippen molar-refractivity contribution in [3.05, 3.63) is 0 Å². The van der Waals surface area contributed by atoms with Gasteiger partial charge in [-0.25, -0.2) is 0 Å². The maximum atomic E-state index is 10.9. The van der Waals surface area contributed by atoms with Gasteiger partial charge in [0.1, 0.15) is 0 Å². The first-order chi connectivity index (χ1) is 4.48. The van der Waals surface area contributed by atoms with Crippen LogP contribution in [-0.2, 0) is 4.57 Å². The predicted molar refractivity (Wildman–Crippen MR) is 43.2 cm³/mol. The molecular weight excluding hydrogens is 149 g/mol. The van der Waals surface area contributed by atoms with Crippen molar-refractivity contribution in [1.29, 1.82) is 0 Å². The first kappa shape index (κ1) is 10.2. The van der Waals surface area contributed by atoms with Gasteiger partial charge < -0.3 is 10.6 Å². The smallest absolute Gasteiger partial charge is 0.213 e. The normalized spacial score (nSPS) is 20.0. The van der Waals surface area contributed by atoms with E-state index in [9.17, 15) is 4.57 Å². The summed E-state index contributed by atoms with van der Waals surface area (Å²) in [7, 11) is -3.01. The minimum atomic E-state index is -3.01. The third-order valence-electron chi connectivity index (χ3n) is 1.47. The molecule has 0 radical (unpaired) electrons. The van der Waals surface area contributed by atoms with Crippen LogP contribution in [-0.4, -0.2) is 17.3 Å². The Bertz CT molecular complexity index is 132. The average Bonchev–Trinajstić information content (AvgIpc) is 1.80. The van der Waals surface area contributed by atoms with E-state index in [1.807, 2.05) is 6.92 Å². The molecule has 0 bridgehead atoms. The number of hydrogen-bond acceptors (Lipinski definition) is 2. The average molecular weight is 165 g/mol. The van der Waals surface area contributed by atoms with Crippen LogP contribution < -0.4 is 5.73 Å². The molecular formula is C6H16NO2P. The van der Waals surface area contributed by atoms with Gasteiger partial charge in [-0.2, -0.15) is 0 Å². The summed E-state index contributed by atoms with van der Waals surface area (Å²) in [4.78, 5) is 8.94. The van der Waals surface area contributed by atoms with E-state index in [-0.39, 0.29) is 0 Å². The van der Waals surface area contributed by atoms with E-state index in [2.05, 4.69) is 0 Å². The molecule has 0 heterocycles. The fourth-order valence-corrected chi connectivity index (χ4v) is 1.31. The lowest BCUT2D eigenvalue weighted by molar-refractivity contribution is 0.463. The summed E-state index contributed by atoms with van der Waals surface area (Å²) in [5.74, 6) is -0.521. The summed E-state index contributed by atoms with van der Waals surface area (Å²) in [5, 5.41) is 0. The molecule has 0 amide bonds. The van der Waals surface area contributed by atoms with Gasteiger partial charge in [-0.15, -0.1) is 0 Å². The largest absolute Gasteiger partial charge is 0.343 e. The highest BCUT2D eigenvalue weighted by molar-refractivity contribution is 7.57. The lowest BCUT2D eigenvalue weighted by Crippen LogP contribution is -2.19. The van der Waals surface area contributed by atoms with Gasteiger partial charge in [-0.1, -0.05) is 19.8 Å². The molecule has 0 spiro atoms. The zero-order chi connectivity index (χ0) is 8.20. The maximum absolute atomic E-state index is 10.9. The Morgan fingerprint density at radius 1 is 1.70 bits per heavy atom. The molecule has 62 valence electrons. The van der Waals surface area contributed by atoms with Gasteiger partial charge in [0.05, 0.1) is 5.78 Å². The van der Waals surface area contributed by atoms with E-state index in [4.69, 9.17) is 10.6 Å². The van der Waals surface area contributed by atoms with Crippen molar-refractivity contribution in [2.24, 2.45) is 5.73 Å². The monoisotopic (exact) mass is 165 g/mol. The summed E-state index contributed by atoms with van der Waals surface area (Å²) >= 11 is 0. The molecule has 10 heavy (non-hydrogen) atoms. The van der Waals surface area contributed by atoms with E-state index < -0.39 is 13.2 Å². The summed E-state index contributed by atoms with van der Waals surface area (Å²) in [6, 6.07) is 0. The highest BCUT2D eigenvalue weighted by Crippen LogP contribution is 2.40. The molecule has 0 fully saturated rings. The van der Waals surface area contributed by atoms with Crippen LogP contribution in [0.25, 0.3) is 0 Å². The van der Waals surface area contributed by atoms with Crippen molar-refractivity contribution >= 4 is 7.37 Å². The van der Waals surface area contributed by atoms with Gasteiger partial charge in [0, 0.05) is 6.66 Å². The van der Waals surface area contributed by atoms with Crippen LogP contribution in [0.3, 0.4) is 0 Å². The lowest BCUT2D eigenvalue weighted by atomic mass is 10.2. The molecule has 0 saturated carbocycles. The summed E-state index contributed by atoms with van der Waals surface area (Å²) < 4.78 is 10.9. The van der Waals surface area contributed by atoms with Gasteiger partial charge in [-0.05, 0) is 6.42 Å². The minimum Gasteiger partial charge on any atom is -0.343 e.